The van der Waals surface area contributed by atoms with Crippen molar-refractivity contribution in [2.24, 2.45) is 0 Å². The highest BCUT2D eigenvalue weighted by Crippen LogP contribution is 2.04. The van der Waals surface area contributed by atoms with Gasteiger partial charge in [-0.3, -0.25) is 14.5 Å². The van der Waals surface area contributed by atoms with Gasteiger partial charge in [-0.15, -0.1) is 0 Å². The molecule has 0 aromatic rings. The Kier molecular flexibility index (Phi) is 6.07. The summed E-state index contributed by atoms with van der Waals surface area (Å²) in [7, 11) is 5.40. The maximum absolute atomic E-state index is 11.7. The summed E-state index contributed by atoms with van der Waals surface area (Å²) >= 11 is 0. The number of ether oxygens (including phenoxy) is 1. The van der Waals surface area contributed by atoms with E-state index in [-0.39, 0.29) is 12.3 Å². The third-order valence-electron chi connectivity index (χ3n) is 3.11. The maximum atomic E-state index is 11.7. The third kappa shape index (κ3) is 5.01. The molecule has 6 nitrogen and oxygen atoms in total. The zero-order valence-electron chi connectivity index (χ0n) is 11.5. The van der Waals surface area contributed by atoms with Crippen molar-refractivity contribution < 1.29 is 14.3 Å². The minimum absolute atomic E-state index is 0.130. The van der Waals surface area contributed by atoms with Crippen molar-refractivity contribution in [2.75, 3.05) is 60.5 Å². The first-order valence-corrected chi connectivity index (χ1v) is 6.24. The predicted molar refractivity (Wildman–Crippen MR) is 68.2 cm³/mol. The van der Waals surface area contributed by atoms with E-state index in [1.807, 2.05) is 0 Å². The Balaban J connectivity index is 2.26. The second-order valence-corrected chi connectivity index (χ2v) is 4.78. The van der Waals surface area contributed by atoms with E-state index < -0.39 is 5.97 Å². The standard InChI is InChI=1S/C12H23N3O3/c1-13(2)4-5-14-6-8-15(9-7-14)11(16)10-12(17)18-3/h4-10H2,1-3H3. The Bertz CT molecular complexity index is 286. The Hall–Kier alpha value is -1.14. The molecule has 1 saturated heterocycles. The van der Waals surface area contributed by atoms with Gasteiger partial charge in [0.1, 0.15) is 6.42 Å². The maximum Gasteiger partial charge on any atom is 0.315 e. The largest absolute Gasteiger partial charge is 0.469 e. The van der Waals surface area contributed by atoms with E-state index >= 15 is 0 Å². The molecule has 104 valence electrons. The summed E-state index contributed by atoms with van der Waals surface area (Å²) in [6.07, 6.45) is -0.145. The molecule has 1 amide bonds. The number of nitrogens with zero attached hydrogens (tertiary/aromatic N) is 3. The zero-order valence-corrected chi connectivity index (χ0v) is 11.5. The van der Waals surface area contributed by atoms with Crippen molar-refractivity contribution in [1.82, 2.24) is 14.7 Å². The molecule has 1 aliphatic heterocycles. The summed E-state index contributed by atoms with van der Waals surface area (Å²) in [4.78, 5) is 29.0. The predicted octanol–water partition coefficient (Wildman–Crippen LogP) is -0.745. The lowest BCUT2D eigenvalue weighted by molar-refractivity contribution is -0.147. The fraction of sp³-hybridized carbons (Fsp3) is 0.833. The molecular weight excluding hydrogens is 234 g/mol. The van der Waals surface area contributed by atoms with Gasteiger partial charge in [0.15, 0.2) is 0 Å². The number of hydrogen-bond acceptors (Lipinski definition) is 5. The van der Waals surface area contributed by atoms with Crippen LogP contribution >= 0.6 is 0 Å². The van der Waals surface area contributed by atoms with Crippen LogP contribution in [0.2, 0.25) is 0 Å². The van der Waals surface area contributed by atoms with Crippen LogP contribution < -0.4 is 0 Å². The first-order chi connectivity index (χ1) is 8.52. The molecule has 1 heterocycles. The molecule has 0 aromatic carbocycles. The number of carbonyl (C=O) groups is 2. The Morgan fingerprint density at radius 2 is 1.78 bits per heavy atom. The summed E-state index contributed by atoms with van der Waals surface area (Å²) in [5.41, 5.74) is 0. The summed E-state index contributed by atoms with van der Waals surface area (Å²) in [6, 6.07) is 0. The van der Waals surface area contributed by atoms with Crippen molar-refractivity contribution in [3.63, 3.8) is 0 Å². The molecule has 0 bridgehead atoms. The lowest BCUT2D eigenvalue weighted by Crippen LogP contribution is -2.50. The van der Waals surface area contributed by atoms with Gasteiger partial charge in [-0.25, -0.2) is 0 Å². The number of amides is 1. The van der Waals surface area contributed by atoms with Gasteiger partial charge in [0.2, 0.25) is 5.91 Å². The fourth-order valence-corrected chi connectivity index (χ4v) is 1.87. The highest BCUT2D eigenvalue weighted by molar-refractivity contribution is 5.94. The molecule has 1 rings (SSSR count). The normalized spacial score (nSPS) is 17.0. The van der Waals surface area contributed by atoms with Crippen LogP contribution in [0.25, 0.3) is 0 Å². The van der Waals surface area contributed by atoms with Crippen LogP contribution in [0.1, 0.15) is 6.42 Å². The number of piperazine rings is 1. The quantitative estimate of drug-likeness (QED) is 0.479. The summed E-state index contributed by atoms with van der Waals surface area (Å²) in [5.74, 6) is -0.593. The van der Waals surface area contributed by atoms with E-state index in [0.29, 0.717) is 13.1 Å². The molecule has 0 unspecified atom stereocenters. The number of rotatable bonds is 5. The molecule has 0 aromatic heterocycles. The fourth-order valence-electron chi connectivity index (χ4n) is 1.87. The van der Waals surface area contributed by atoms with E-state index in [2.05, 4.69) is 28.6 Å². The lowest BCUT2D eigenvalue weighted by Gasteiger charge is -2.35. The number of likely N-dealkylation sites (N-methyl/N-ethyl adjacent to an activating group) is 1. The summed E-state index contributed by atoms with van der Waals surface area (Å²) < 4.78 is 4.50. The van der Waals surface area contributed by atoms with Gasteiger partial charge in [-0.2, -0.15) is 0 Å². The van der Waals surface area contributed by atoms with Crippen LogP contribution in [-0.4, -0.2) is 87.0 Å². The number of esters is 1. The average molecular weight is 257 g/mol. The molecule has 0 spiro atoms. The minimum atomic E-state index is -0.463. The molecular formula is C12H23N3O3. The van der Waals surface area contributed by atoms with Gasteiger partial charge >= 0.3 is 5.97 Å². The number of hydrogen-bond donors (Lipinski definition) is 0. The number of methoxy groups -OCH3 is 1. The van der Waals surface area contributed by atoms with Gasteiger partial charge in [-0.1, -0.05) is 0 Å². The van der Waals surface area contributed by atoms with Crippen LogP contribution in [0.15, 0.2) is 0 Å². The minimum Gasteiger partial charge on any atom is -0.469 e. The van der Waals surface area contributed by atoms with Crippen molar-refractivity contribution >= 4 is 11.9 Å². The first kappa shape index (κ1) is 14.9. The van der Waals surface area contributed by atoms with Gasteiger partial charge < -0.3 is 14.5 Å². The summed E-state index contributed by atoms with van der Waals surface area (Å²) in [5, 5.41) is 0. The number of carbonyl (C=O) groups excluding carboxylic acids is 2. The van der Waals surface area contributed by atoms with E-state index in [9.17, 15) is 9.59 Å². The van der Waals surface area contributed by atoms with Crippen LogP contribution in [0.4, 0.5) is 0 Å². The van der Waals surface area contributed by atoms with Crippen molar-refractivity contribution in [3.05, 3.63) is 0 Å². The van der Waals surface area contributed by atoms with Gasteiger partial charge in [0, 0.05) is 39.3 Å². The van der Waals surface area contributed by atoms with E-state index in [1.54, 1.807) is 4.90 Å². The van der Waals surface area contributed by atoms with E-state index in [4.69, 9.17) is 0 Å². The Labute approximate surface area is 108 Å². The average Bonchev–Trinajstić information content (AvgIpc) is 2.36. The van der Waals surface area contributed by atoms with Crippen LogP contribution in [0.5, 0.6) is 0 Å². The van der Waals surface area contributed by atoms with Crippen molar-refractivity contribution in [2.45, 2.75) is 6.42 Å². The van der Waals surface area contributed by atoms with Crippen molar-refractivity contribution in [3.8, 4) is 0 Å². The monoisotopic (exact) mass is 257 g/mol. The molecule has 0 atom stereocenters. The molecule has 18 heavy (non-hydrogen) atoms. The topological polar surface area (TPSA) is 53.1 Å². The van der Waals surface area contributed by atoms with E-state index in [0.717, 1.165) is 26.2 Å². The third-order valence-corrected chi connectivity index (χ3v) is 3.11. The highest BCUT2D eigenvalue weighted by atomic mass is 16.5. The molecule has 1 fully saturated rings. The summed E-state index contributed by atoms with van der Waals surface area (Å²) in [6.45, 7) is 5.19. The van der Waals surface area contributed by atoms with E-state index in [1.165, 1.54) is 7.11 Å². The molecule has 6 heteroatoms. The second kappa shape index (κ2) is 7.33. The Morgan fingerprint density at radius 1 is 1.17 bits per heavy atom. The Morgan fingerprint density at radius 3 is 2.28 bits per heavy atom. The molecule has 1 aliphatic rings. The molecule has 0 saturated carbocycles. The van der Waals surface area contributed by atoms with Gasteiger partial charge in [0.25, 0.3) is 0 Å². The van der Waals surface area contributed by atoms with Crippen LogP contribution in [0, 0.1) is 0 Å². The van der Waals surface area contributed by atoms with Gasteiger partial charge in [0.05, 0.1) is 7.11 Å². The smallest absolute Gasteiger partial charge is 0.315 e. The molecule has 0 aliphatic carbocycles. The SMILES string of the molecule is COC(=O)CC(=O)N1CCN(CCN(C)C)CC1. The highest BCUT2D eigenvalue weighted by Gasteiger charge is 2.22. The zero-order chi connectivity index (χ0) is 13.5. The molecule has 0 N–H and O–H groups in total. The van der Waals surface area contributed by atoms with Crippen LogP contribution in [-0.2, 0) is 14.3 Å². The lowest BCUT2D eigenvalue weighted by atomic mass is 10.2. The molecule has 0 radical (unpaired) electrons. The first-order valence-electron chi connectivity index (χ1n) is 6.24. The van der Waals surface area contributed by atoms with Gasteiger partial charge in [-0.05, 0) is 14.1 Å². The van der Waals surface area contributed by atoms with Crippen molar-refractivity contribution in [1.29, 1.82) is 0 Å². The second-order valence-electron chi connectivity index (χ2n) is 4.78. The van der Waals surface area contributed by atoms with Crippen LogP contribution in [0.3, 0.4) is 0 Å².